The van der Waals surface area contributed by atoms with Crippen molar-refractivity contribution in [1.29, 1.82) is 0 Å². The molecule has 1 amide bonds. The second-order valence-corrected chi connectivity index (χ2v) is 12.7. The first kappa shape index (κ1) is 29.0. The van der Waals surface area contributed by atoms with Gasteiger partial charge in [-0.3, -0.25) is 9.69 Å². The molecular formula is C33H34ClN3O3S. The van der Waals surface area contributed by atoms with Crippen LogP contribution < -0.4 is 0 Å². The Hall–Kier alpha value is -3.49. The number of aryl methyl sites for hydroxylation is 1. The van der Waals surface area contributed by atoms with Crippen molar-refractivity contribution in [2.24, 2.45) is 0 Å². The van der Waals surface area contributed by atoms with Gasteiger partial charge in [-0.15, -0.1) is 0 Å². The van der Waals surface area contributed by atoms with Gasteiger partial charge in [-0.1, -0.05) is 102 Å². The minimum Gasteiger partial charge on any atom is -0.339 e. The Kier molecular flexibility index (Phi) is 9.20. The molecule has 8 heteroatoms. The van der Waals surface area contributed by atoms with E-state index in [1.807, 2.05) is 43.3 Å². The van der Waals surface area contributed by atoms with Crippen molar-refractivity contribution in [3.63, 3.8) is 0 Å². The lowest BCUT2D eigenvalue weighted by atomic mass is 9.96. The fourth-order valence-electron chi connectivity index (χ4n) is 5.36. The highest BCUT2D eigenvalue weighted by Crippen LogP contribution is 2.29. The molecular weight excluding hydrogens is 554 g/mol. The molecule has 0 aliphatic carbocycles. The van der Waals surface area contributed by atoms with Crippen LogP contribution in [0, 0.1) is 6.92 Å². The van der Waals surface area contributed by atoms with E-state index in [1.54, 1.807) is 17.0 Å². The van der Waals surface area contributed by atoms with Gasteiger partial charge in [0.15, 0.2) is 0 Å². The molecule has 5 rings (SSSR count). The lowest BCUT2D eigenvalue weighted by molar-refractivity contribution is -0.133. The van der Waals surface area contributed by atoms with Crippen LogP contribution >= 0.6 is 11.6 Å². The molecule has 0 saturated carbocycles. The fourth-order valence-corrected chi connectivity index (χ4v) is 6.86. The van der Waals surface area contributed by atoms with Gasteiger partial charge >= 0.3 is 0 Å². The molecule has 1 saturated heterocycles. The third kappa shape index (κ3) is 7.05. The Labute approximate surface area is 247 Å². The van der Waals surface area contributed by atoms with E-state index >= 15 is 0 Å². The fraction of sp³-hybridized carbons (Fsp3) is 0.242. The molecule has 0 unspecified atom stereocenters. The monoisotopic (exact) mass is 587 g/mol. The summed E-state index contributed by atoms with van der Waals surface area (Å²) in [5, 5.41) is 0.451. The molecule has 4 aromatic rings. The van der Waals surface area contributed by atoms with Crippen LogP contribution in [-0.4, -0.2) is 61.2 Å². The highest BCUT2D eigenvalue weighted by molar-refractivity contribution is 7.89. The summed E-state index contributed by atoms with van der Waals surface area (Å²) in [5.41, 5.74) is 4.27. The van der Waals surface area contributed by atoms with Crippen molar-refractivity contribution in [3.05, 3.63) is 136 Å². The summed E-state index contributed by atoms with van der Waals surface area (Å²) in [7, 11) is -3.94. The van der Waals surface area contributed by atoms with Crippen LogP contribution in [0.3, 0.4) is 0 Å². The topological polar surface area (TPSA) is 60.9 Å². The van der Waals surface area contributed by atoms with E-state index in [9.17, 15) is 13.2 Å². The molecule has 6 nitrogen and oxygen atoms in total. The number of rotatable bonds is 9. The van der Waals surface area contributed by atoms with E-state index in [4.69, 9.17) is 11.6 Å². The summed E-state index contributed by atoms with van der Waals surface area (Å²) >= 11 is 6.01. The third-order valence-corrected chi connectivity index (χ3v) is 9.53. The van der Waals surface area contributed by atoms with Crippen LogP contribution in [0.2, 0.25) is 5.02 Å². The summed E-state index contributed by atoms with van der Waals surface area (Å²) in [6.45, 7) is 4.24. The van der Waals surface area contributed by atoms with Gasteiger partial charge in [0.2, 0.25) is 15.9 Å². The molecule has 41 heavy (non-hydrogen) atoms. The minimum absolute atomic E-state index is 0.0813. The minimum atomic E-state index is -3.94. The molecule has 1 aliphatic heterocycles. The number of hydrogen-bond acceptors (Lipinski definition) is 4. The SMILES string of the molecule is Cc1cccc(CN(CC(=O)N2CCN(C(c3ccccc3)c3ccccc3)CC2)S(=O)(=O)c2ccc(Cl)cc2)c1. The molecule has 0 atom stereocenters. The first-order valence-corrected chi connectivity index (χ1v) is 15.6. The highest BCUT2D eigenvalue weighted by atomic mass is 35.5. The average molecular weight is 588 g/mol. The van der Waals surface area contributed by atoms with E-state index in [0.717, 1.165) is 11.1 Å². The predicted molar refractivity (Wildman–Crippen MR) is 163 cm³/mol. The van der Waals surface area contributed by atoms with Crippen LogP contribution in [0.25, 0.3) is 0 Å². The van der Waals surface area contributed by atoms with Crippen LogP contribution in [0.4, 0.5) is 0 Å². The molecule has 0 radical (unpaired) electrons. The van der Waals surface area contributed by atoms with Gasteiger partial charge < -0.3 is 4.90 Å². The van der Waals surface area contributed by atoms with Crippen molar-refractivity contribution in [1.82, 2.24) is 14.1 Å². The van der Waals surface area contributed by atoms with Crippen LogP contribution in [-0.2, 0) is 21.4 Å². The van der Waals surface area contributed by atoms with Gasteiger partial charge in [-0.2, -0.15) is 4.31 Å². The van der Waals surface area contributed by atoms with E-state index in [2.05, 4.69) is 53.4 Å². The zero-order valence-corrected chi connectivity index (χ0v) is 24.6. The molecule has 4 aromatic carbocycles. The highest BCUT2D eigenvalue weighted by Gasteiger charge is 2.32. The Morgan fingerprint density at radius 2 is 1.39 bits per heavy atom. The number of benzene rings is 4. The molecule has 1 aliphatic rings. The van der Waals surface area contributed by atoms with Crippen molar-refractivity contribution in [2.45, 2.75) is 24.4 Å². The largest absolute Gasteiger partial charge is 0.339 e. The maximum absolute atomic E-state index is 13.7. The molecule has 0 N–H and O–H groups in total. The number of hydrogen-bond donors (Lipinski definition) is 0. The van der Waals surface area contributed by atoms with Crippen molar-refractivity contribution >= 4 is 27.5 Å². The van der Waals surface area contributed by atoms with Crippen molar-refractivity contribution in [3.8, 4) is 0 Å². The standard InChI is InChI=1S/C33H34ClN3O3S/c1-26-9-8-10-27(23-26)24-37(41(39,40)31-17-15-30(34)16-18-31)25-32(38)35-19-21-36(22-20-35)33(28-11-4-2-5-12-28)29-13-6-3-7-14-29/h2-18,23,33H,19-22,24-25H2,1H3. The summed E-state index contributed by atoms with van der Waals surface area (Å²) < 4.78 is 28.7. The number of sulfonamides is 1. The van der Waals surface area contributed by atoms with E-state index in [0.29, 0.717) is 31.2 Å². The number of carbonyl (C=O) groups is 1. The zero-order valence-electron chi connectivity index (χ0n) is 23.1. The smallest absolute Gasteiger partial charge is 0.243 e. The van der Waals surface area contributed by atoms with Gasteiger partial charge in [0.05, 0.1) is 17.5 Å². The summed E-state index contributed by atoms with van der Waals surface area (Å²) in [4.78, 5) is 17.9. The summed E-state index contributed by atoms with van der Waals surface area (Å²) in [6, 6.07) is 34.6. The molecule has 1 heterocycles. The van der Waals surface area contributed by atoms with Gasteiger partial charge in [0.1, 0.15) is 0 Å². The van der Waals surface area contributed by atoms with Gasteiger partial charge in [-0.05, 0) is 47.9 Å². The predicted octanol–water partition coefficient (Wildman–Crippen LogP) is 5.77. The molecule has 0 bridgehead atoms. The van der Waals surface area contributed by atoms with E-state index < -0.39 is 10.0 Å². The Morgan fingerprint density at radius 3 is 1.95 bits per heavy atom. The lowest BCUT2D eigenvalue weighted by Crippen LogP contribution is -2.52. The first-order chi connectivity index (χ1) is 19.8. The van der Waals surface area contributed by atoms with E-state index in [1.165, 1.54) is 27.6 Å². The number of nitrogens with zero attached hydrogens (tertiary/aromatic N) is 3. The summed E-state index contributed by atoms with van der Waals surface area (Å²) in [5.74, 6) is -0.203. The molecule has 0 spiro atoms. The quantitative estimate of drug-likeness (QED) is 0.249. The maximum Gasteiger partial charge on any atom is 0.243 e. The second-order valence-electron chi connectivity index (χ2n) is 10.4. The van der Waals surface area contributed by atoms with Gasteiger partial charge in [0, 0.05) is 37.7 Å². The van der Waals surface area contributed by atoms with Crippen molar-refractivity contribution in [2.75, 3.05) is 32.7 Å². The number of piperazine rings is 1. The third-order valence-electron chi connectivity index (χ3n) is 7.47. The zero-order chi connectivity index (χ0) is 28.8. The van der Waals surface area contributed by atoms with E-state index in [-0.39, 0.29) is 29.9 Å². The summed E-state index contributed by atoms with van der Waals surface area (Å²) in [6.07, 6.45) is 0. The molecule has 1 fully saturated rings. The van der Waals surface area contributed by atoms with Crippen molar-refractivity contribution < 1.29 is 13.2 Å². The number of halogens is 1. The number of carbonyl (C=O) groups excluding carboxylic acids is 1. The van der Waals surface area contributed by atoms with Crippen LogP contribution in [0.1, 0.15) is 28.3 Å². The lowest BCUT2D eigenvalue weighted by Gasteiger charge is -2.40. The van der Waals surface area contributed by atoms with Crippen LogP contribution in [0.5, 0.6) is 0 Å². The Bertz CT molecular complexity index is 1520. The Balaban J connectivity index is 1.33. The van der Waals surface area contributed by atoms with Gasteiger partial charge in [0.25, 0.3) is 0 Å². The second kappa shape index (κ2) is 13.0. The van der Waals surface area contributed by atoms with Gasteiger partial charge in [-0.25, -0.2) is 8.42 Å². The first-order valence-electron chi connectivity index (χ1n) is 13.7. The molecule has 0 aromatic heterocycles. The Morgan fingerprint density at radius 1 is 0.805 bits per heavy atom. The maximum atomic E-state index is 13.7. The van der Waals surface area contributed by atoms with Crippen LogP contribution in [0.15, 0.2) is 114 Å². The normalized spacial score (nSPS) is 14.5. The average Bonchev–Trinajstić information content (AvgIpc) is 2.99. The number of amides is 1. The molecule has 212 valence electrons.